The SMILES string of the molecule is O=C(O)C1CC12CCOc1cc(OCc3ccccc3)ccc12. The Morgan fingerprint density at radius 3 is 2.83 bits per heavy atom. The molecule has 4 nitrogen and oxygen atoms in total. The molecule has 2 aliphatic rings. The van der Waals surface area contributed by atoms with Crippen LogP contribution in [0, 0.1) is 5.92 Å². The zero-order valence-corrected chi connectivity index (χ0v) is 12.7. The number of rotatable bonds is 4. The largest absolute Gasteiger partial charge is 0.493 e. The maximum absolute atomic E-state index is 11.3. The summed E-state index contributed by atoms with van der Waals surface area (Å²) in [5.74, 6) is 0.534. The van der Waals surface area contributed by atoms with Gasteiger partial charge in [-0.15, -0.1) is 0 Å². The first kappa shape index (κ1) is 14.1. The van der Waals surface area contributed by atoms with Crippen LogP contribution in [0.5, 0.6) is 11.5 Å². The van der Waals surface area contributed by atoms with E-state index in [0.29, 0.717) is 19.6 Å². The molecule has 2 aromatic rings. The molecular formula is C19H18O4. The molecule has 0 radical (unpaired) electrons. The highest BCUT2D eigenvalue weighted by molar-refractivity contribution is 5.78. The van der Waals surface area contributed by atoms with E-state index in [1.807, 2.05) is 48.5 Å². The second kappa shape index (κ2) is 5.30. The fourth-order valence-corrected chi connectivity index (χ4v) is 3.54. The van der Waals surface area contributed by atoms with Gasteiger partial charge >= 0.3 is 5.97 Å². The lowest BCUT2D eigenvalue weighted by Crippen LogP contribution is -2.24. The van der Waals surface area contributed by atoms with Crippen molar-refractivity contribution >= 4 is 5.97 Å². The van der Waals surface area contributed by atoms with Crippen molar-refractivity contribution in [2.45, 2.75) is 24.9 Å². The van der Waals surface area contributed by atoms with Crippen LogP contribution in [0.15, 0.2) is 48.5 Å². The molecule has 4 rings (SSSR count). The Morgan fingerprint density at radius 1 is 1.26 bits per heavy atom. The van der Waals surface area contributed by atoms with Gasteiger partial charge in [-0.2, -0.15) is 0 Å². The van der Waals surface area contributed by atoms with Gasteiger partial charge in [0.2, 0.25) is 0 Å². The summed E-state index contributed by atoms with van der Waals surface area (Å²) in [4.78, 5) is 11.3. The first-order valence-electron chi connectivity index (χ1n) is 7.86. The number of carbonyl (C=O) groups is 1. The highest BCUT2D eigenvalue weighted by Crippen LogP contribution is 2.61. The Hall–Kier alpha value is -2.49. The van der Waals surface area contributed by atoms with Crippen molar-refractivity contribution in [1.82, 2.24) is 0 Å². The summed E-state index contributed by atoms with van der Waals surface area (Å²) in [7, 11) is 0. The zero-order valence-electron chi connectivity index (χ0n) is 12.7. The molecule has 0 saturated heterocycles. The summed E-state index contributed by atoms with van der Waals surface area (Å²) < 4.78 is 11.6. The van der Waals surface area contributed by atoms with E-state index in [1.54, 1.807) is 0 Å². The van der Waals surface area contributed by atoms with E-state index in [-0.39, 0.29) is 11.3 Å². The fourth-order valence-electron chi connectivity index (χ4n) is 3.54. The van der Waals surface area contributed by atoms with Crippen LogP contribution in [0.1, 0.15) is 24.0 Å². The van der Waals surface area contributed by atoms with E-state index in [0.717, 1.165) is 29.0 Å². The molecule has 1 N–H and O–H groups in total. The van der Waals surface area contributed by atoms with Gasteiger partial charge in [0.1, 0.15) is 18.1 Å². The van der Waals surface area contributed by atoms with E-state index < -0.39 is 5.97 Å². The van der Waals surface area contributed by atoms with Crippen LogP contribution in [0.2, 0.25) is 0 Å². The van der Waals surface area contributed by atoms with Gasteiger partial charge in [0, 0.05) is 17.0 Å². The van der Waals surface area contributed by atoms with Gasteiger partial charge in [0.05, 0.1) is 12.5 Å². The second-order valence-electron chi connectivity index (χ2n) is 6.28. The number of hydrogen-bond donors (Lipinski definition) is 1. The highest BCUT2D eigenvalue weighted by atomic mass is 16.5. The van der Waals surface area contributed by atoms with Gasteiger partial charge < -0.3 is 14.6 Å². The molecule has 2 aromatic carbocycles. The van der Waals surface area contributed by atoms with Gasteiger partial charge in [-0.25, -0.2) is 0 Å². The number of fused-ring (bicyclic) bond motifs is 2. The van der Waals surface area contributed by atoms with Crippen molar-refractivity contribution in [2.24, 2.45) is 5.92 Å². The van der Waals surface area contributed by atoms with E-state index in [4.69, 9.17) is 9.47 Å². The number of carboxylic acid groups (broad SMARTS) is 1. The van der Waals surface area contributed by atoms with Crippen molar-refractivity contribution in [3.63, 3.8) is 0 Å². The van der Waals surface area contributed by atoms with E-state index in [2.05, 4.69) is 0 Å². The maximum Gasteiger partial charge on any atom is 0.307 e. The average molecular weight is 310 g/mol. The average Bonchev–Trinajstić information content (AvgIpc) is 3.29. The predicted octanol–water partition coefficient (Wildman–Crippen LogP) is 3.39. The second-order valence-corrected chi connectivity index (χ2v) is 6.28. The Balaban J connectivity index is 1.54. The molecule has 4 heteroatoms. The summed E-state index contributed by atoms with van der Waals surface area (Å²) in [6.45, 7) is 1.07. The van der Waals surface area contributed by atoms with Crippen LogP contribution >= 0.6 is 0 Å². The van der Waals surface area contributed by atoms with Crippen molar-refractivity contribution in [3.8, 4) is 11.5 Å². The Bertz CT molecular complexity index is 740. The standard InChI is InChI=1S/C19H18O4/c20-18(21)16-11-19(16)8-9-22-17-10-14(6-7-15(17)19)23-12-13-4-2-1-3-5-13/h1-7,10,16H,8-9,11-12H2,(H,20,21). The van der Waals surface area contributed by atoms with Crippen LogP contribution in [0.4, 0.5) is 0 Å². The predicted molar refractivity (Wildman–Crippen MR) is 84.7 cm³/mol. The molecule has 0 bridgehead atoms. The van der Waals surface area contributed by atoms with Crippen molar-refractivity contribution in [3.05, 3.63) is 59.7 Å². The van der Waals surface area contributed by atoms with Gasteiger partial charge in [-0.3, -0.25) is 4.79 Å². The molecule has 1 aliphatic heterocycles. The van der Waals surface area contributed by atoms with E-state index in [1.165, 1.54) is 0 Å². The molecule has 0 amide bonds. The van der Waals surface area contributed by atoms with Crippen molar-refractivity contribution in [2.75, 3.05) is 6.61 Å². The molecule has 1 heterocycles. The minimum absolute atomic E-state index is 0.225. The van der Waals surface area contributed by atoms with E-state index >= 15 is 0 Å². The van der Waals surface area contributed by atoms with Crippen LogP contribution in [0.25, 0.3) is 0 Å². The number of aliphatic carboxylic acids is 1. The highest BCUT2D eigenvalue weighted by Gasteiger charge is 2.61. The van der Waals surface area contributed by atoms with Gasteiger partial charge in [-0.1, -0.05) is 36.4 Å². The minimum Gasteiger partial charge on any atom is -0.493 e. The number of hydrogen-bond acceptors (Lipinski definition) is 3. The van der Waals surface area contributed by atoms with Crippen LogP contribution in [0.3, 0.4) is 0 Å². The summed E-state index contributed by atoms with van der Waals surface area (Å²) in [5, 5.41) is 9.30. The lowest BCUT2D eigenvalue weighted by atomic mass is 9.87. The van der Waals surface area contributed by atoms with Crippen LogP contribution in [-0.4, -0.2) is 17.7 Å². The third kappa shape index (κ3) is 2.44. The summed E-state index contributed by atoms with van der Waals surface area (Å²) in [6, 6.07) is 15.8. The van der Waals surface area contributed by atoms with Gasteiger partial charge in [0.15, 0.2) is 0 Å². The molecule has 0 aromatic heterocycles. The lowest BCUT2D eigenvalue weighted by Gasteiger charge is -2.26. The fraction of sp³-hybridized carbons (Fsp3) is 0.316. The first-order valence-corrected chi connectivity index (χ1v) is 7.86. The Kier molecular flexibility index (Phi) is 3.26. The molecule has 1 spiro atoms. The van der Waals surface area contributed by atoms with Gasteiger partial charge in [0.25, 0.3) is 0 Å². The Morgan fingerprint density at radius 2 is 2.09 bits per heavy atom. The normalized spacial score (nSPS) is 24.6. The summed E-state index contributed by atoms with van der Waals surface area (Å²) in [6.07, 6.45) is 1.49. The number of carboxylic acids is 1. The molecule has 1 saturated carbocycles. The van der Waals surface area contributed by atoms with Crippen LogP contribution in [-0.2, 0) is 16.8 Å². The number of benzene rings is 2. The molecule has 2 unspecified atom stereocenters. The minimum atomic E-state index is -0.706. The van der Waals surface area contributed by atoms with Gasteiger partial charge in [-0.05, 0) is 24.5 Å². The topological polar surface area (TPSA) is 55.8 Å². The molecule has 1 aliphatic carbocycles. The van der Waals surface area contributed by atoms with Crippen molar-refractivity contribution < 1.29 is 19.4 Å². The van der Waals surface area contributed by atoms with Crippen molar-refractivity contribution in [1.29, 1.82) is 0 Å². The third-order valence-electron chi connectivity index (χ3n) is 4.92. The maximum atomic E-state index is 11.3. The first-order chi connectivity index (χ1) is 11.2. The molecule has 118 valence electrons. The molecular weight excluding hydrogens is 292 g/mol. The molecule has 1 fully saturated rings. The lowest BCUT2D eigenvalue weighted by molar-refractivity contribution is -0.139. The smallest absolute Gasteiger partial charge is 0.307 e. The third-order valence-corrected chi connectivity index (χ3v) is 4.92. The monoisotopic (exact) mass is 310 g/mol. The number of ether oxygens (including phenoxy) is 2. The quantitative estimate of drug-likeness (QED) is 0.940. The molecule has 23 heavy (non-hydrogen) atoms. The summed E-state index contributed by atoms with van der Waals surface area (Å²) in [5.41, 5.74) is 1.90. The van der Waals surface area contributed by atoms with Crippen LogP contribution < -0.4 is 9.47 Å². The molecule has 2 atom stereocenters. The summed E-state index contributed by atoms with van der Waals surface area (Å²) >= 11 is 0. The zero-order chi connectivity index (χ0) is 15.9. The van der Waals surface area contributed by atoms with E-state index in [9.17, 15) is 9.90 Å². The Labute approximate surface area is 134 Å².